The van der Waals surface area contributed by atoms with Crippen LogP contribution in [0.25, 0.3) is 0 Å². The second-order valence-electron chi connectivity index (χ2n) is 4.11. The Morgan fingerprint density at radius 1 is 1.38 bits per heavy atom. The predicted octanol–water partition coefficient (Wildman–Crippen LogP) is 4.84. The third-order valence-electron chi connectivity index (χ3n) is 2.76. The maximum atomic E-state index is 12.1. The fourth-order valence-electron chi connectivity index (χ4n) is 1.92. The molecule has 0 aromatic carbocycles. The molecule has 0 aliphatic rings. The number of ketones is 1. The number of Topliss-reactive ketones (excluding diaryl/α,β-unsaturated/α-hetero) is 1. The summed E-state index contributed by atoms with van der Waals surface area (Å²) in [7, 11) is 0. The Labute approximate surface area is 110 Å². The molecule has 0 aliphatic heterocycles. The van der Waals surface area contributed by atoms with Crippen LogP contribution < -0.4 is 0 Å². The number of hydrogen-bond donors (Lipinski definition) is 0. The second-order valence-corrected chi connectivity index (χ2v) is 5.96. The Hall–Kier alpha value is -0.150. The van der Waals surface area contributed by atoms with Gasteiger partial charge < -0.3 is 0 Å². The lowest BCUT2D eigenvalue weighted by molar-refractivity contribution is -0.122. The summed E-state index contributed by atoms with van der Waals surface area (Å²) in [5.74, 6) is 0.677. The van der Waals surface area contributed by atoms with Gasteiger partial charge in [0, 0.05) is 21.7 Å². The van der Waals surface area contributed by atoms with Crippen LogP contribution in [0.3, 0.4) is 0 Å². The van der Waals surface area contributed by atoms with E-state index in [1.54, 1.807) is 11.3 Å². The third-order valence-corrected chi connectivity index (χ3v) is 4.68. The first-order chi connectivity index (χ1) is 7.69. The molecule has 0 unspecified atom stereocenters. The summed E-state index contributed by atoms with van der Waals surface area (Å²) in [5.41, 5.74) is 0. The normalized spacial score (nSPS) is 11.0. The monoisotopic (exact) mass is 302 g/mol. The number of carbonyl (C=O) groups is 1. The molecule has 0 radical (unpaired) electrons. The molecule has 0 N–H and O–H groups in total. The van der Waals surface area contributed by atoms with Gasteiger partial charge in [0.05, 0.1) is 0 Å². The standard InChI is InChI=1S/C13H19BrOS/c1-3-5-10(6-4-2)12(15)9-13-11(14)7-8-16-13/h7-8,10H,3-6,9H2,1-2H3. The topological polar surface area (TPSA) is 17.1 Å². The molecular formula is C13H19BrOS. The molecule has 0 bridgehead atoms. The number of carbonyl (C=O) groups excluding carboxylic acids is 1. The molecule has 0 amide bonds. The first kappa shape index (κ1) is 13.9. The number of thiophene rings is 1. The van der Waals surface area contributed by atoms with E-state index in [1.807, 2.05) is 11.4 Å². The molecule has 90 valence electrons. The van der Waals surface area contributed by atoms with Crippen molar-refractivity contribution in [1.82, 2.24) is 0 Å². The van der Waals surface area contributed by atoms with Crippen molar-refractivity contribution < 1.29 is 4.79 Å². The number of hydrogen-bond acceptors (Lipinski definition) is 2. The molecule has 1 aromatic heterocycles. The summed E-state index contributed by atoms with van der Waals surface area (Å²) in [6, 6.07) is 2.02. The quantitative estimate of drug-likeness (QED) is 0.704. The zero-order valence-electron chi connectivity index (χ0n) is 9.96. The third kappa shape index (κ3) is 4.02. The van der Waals surface area contributed by atoms with Crippen LogP contribution in [0.2, 0.25) is 0 Å². The summed E-state index contributed by atoms with van der Waals surface area (Å²) < 4.78 is 1.08. The van der Waals surface area contributed by atoms with Gasteiger partial charge in [-0.1, -0.05) is 26.7 Å². The van der Waals surface area contributed by atoms with Crippen molar-refractivity contribution in [2.24, 2.45) is 5.92 Å². The van der Waals surface area contributed by atoms with Crippen molar-refractivity contribution in [3.63, 3.8) is 0 Å². The van der Waals surface area contributed by atoms with E-state index in [2.05, 4.69) is 29.8 Å². The molecule has 0 atom stereocenters. The van der Waals surface area contributed by atoms with Gasteiger partial charge in [-0.3, -0.25) is 4.79 Å². The van der Waals surface area contributed by atoms with Gasteiger partial charge in [0.2, 0.25) is 0 Å². The fraction of sp³-hybridized carbons (Fsp3) is 0.615. The molecule has 0 saturated carbocycles. The summed E-state index contributed by atoms with van der Waals surface area (Å²) in [5, 5.41) is 2.03. The fourth-order valence-corrected chi connectivity index (χ4v) is 3.42. The smallest absolute Gasteiger partial charge is 0.141 e. The zero-order valence-corrected chi connectivity index (χ0v) is 12.4. The molecule has 3 heteroatoms. The summed E-state index contributed by atoms with van der Waals surface area (Å²) in [4.78, 5) is 13.3. The molecular weight excluding hydrogens is 284 g/mol. The molecule has 0 aliphatic carbocycles. The van der Waals surface area contributed by atoms with Crippen LogP contribution in [0.1, 0.15) is 44.4 Å². The first-order valence-electron chi connectivity index (χ1n) is 5.93. The summed E-state index contributed by atoms with van der Waals surface area (Å²) in [6.07, 6.45) is 4.87. The van der Waals surface area contributed by atoms with Crippen LogP contribution in [0.4, 0.5) is 0 Å². The highest BCUT2D eigenvalue weighted by molar-refractivity contribution is 9.10. The lowest BCUT2D eigenvalue weighted by atomic mass is 9.92. The average molecular weight is 303 g/mol. The zero-order chi connectivity index (χ0) is 12.0. The highest BCUT2D eigenvalue weighted by Crippen LogP contribution is 2.25. The second kappa shape index (κ2) is 7.23. The highest BCUT2D eigenvalue weighted by atomic mass is 79.9. The van der Waals surface area contributed by atoms with Gasteiger partial charge in [0.25, 0.3) is 0 Å². The Morgan fingerprint density at radius 2 is 2.00 bits per heavy atom. The van der Waals surface area contributed by atoms with Gasteiger partial charge in [0.1, 0.15) is 5.78 Å². The lowest BCUT2D eigenvalue weighted by Gasteiger charge is -2.13. The average Bonchev–Trinajstić information content (AvgIpc) is 2.64. The minimum absolute atomic E-state index is 0.268. The number of halogens is 1. The van der Waals surface area contributed by atoms with Crippen molar-refractivity contribution >= 4 is 33.0 Å². The van der Waals surface area contributed by atoms with E-state index in [0.29, 0.717) is 12.2 Å². The predicted molar refractivity (Wildman–Crippen MR) is 74.0 cm³/mol. The minimum Gasteiger partial charge on any atom is -0.299 e. The first-order valence-corrected chi connectivity index (χ1v) is 7.60. The van der Waals surface area contributed by atoms with E-state index in [9.17, 15) is 4.79 Å². The highest BCUT2D eigenvalue weighted by Gasteiger charge is 2.18. The van der Waals surface area contributed by atoms with E-state index in [-0.39, 0.29) is 5.92 Å². The Morgan fingerprint density at radius 3 is 2.44 bits per heavy atom. The van der Waals surface area contributed by atoms with Gasteiger partial charge in [-0.15, -0.1) is 11.3 Å². The van der Waals surface area contributed by atoms with Crippen molar-refractivity contribution in [1.29, 1.82) is 0 Å². The van der Waals surface area contributed by atoms with Crippen LogP contribution in [0.5, 0.6) is 0 Å². The van der Waals surface area contributed by atoms with Crippen LogP contribution in [0, 0.1) is 5.92 Å². The van der Waals surface area contributed by atoms with Crippen molar-refractivity contribution in [2.75, 3.05) is 0 Å². The van der Waals surface area contributed by atoms with Gasteiger partial charge in [0.15, 0.2) is 0 Å². The van der Waals surface area contributed by atoms with Crippen LogP contribution in [0.15, 0.2) is 15.9 Å². The number of rotatable bonds is 7. The maximum absolute atomic E-state index is 12.1. The molecule has 1 nitrogen and oxygen atoms in total. The largest absolute Gasteiger partial charge is 0.299 e. The molecule has 16 heavy (non-hydrogen) atoms. The van der Waals surface area contributed by atoms with E-state index < -0.39 is 0 Å². The van der Waals surface area contributed by atoms with Crippen LogP contribution in [-0.2, 0) is 11.2 Å². The van der Waals surface area contributed by atoms with Gasteiger partial charge in [-0.05, 0) is 40.2 Å². The maximum Gasteiger partial charge on any atom is 0.141 e. The SMILES string of the molecule is CCCC(CCC)C(=O)Cc1sccc1Br. The molecule has 1 heterocycles. The van der Waals surface area contributed by atoms with E-state index in [1.165, 1.54) is 4.88 Å². The minimum atomic E-state index is 0.268. The van der Waals surface area contributed by atoms with Gasteiger partial charge in [-0.25, -0.2) is 0 Å². The summed E-state index contributed by atoms with van der Waals surface area (Å²) >= 11 is 5.14. The lowest BCUT2D eigenvalue weighted by Crippen LogP contribution is -2.16. The van der Waals surface area contributed by atoms with Gasteiger partial charge in [-0.2, -0.15) is 0 Å². The molecule has 0 saturated heterocycles. The molecule has 0 spiro atoms. The molecule has 0 fully saturated rings. The molecule has 1 rings (SSSR count). The Kier molecular flexibility index (Phi) is 6.29. The van der Waals surface area contributed by atoms with Crippen molar-refractivity contribution in [2.45, 2.75) is 46.0 Å². The summed E-state index contributed by atoms with van der Waals surface area (Å²) in [6.45, 7) is 4.30. The Balaban J connectivity index is 2.58. The van der Waals surface area contributed by atoms with Crippen molar-refractivity contribution in [3.05, 3.63) is 20.8 Å². The Bertz CT molecular complexity index is 326. The van der Waals surface area contributed by atoms with E-state index in [0.717, 1.165) is 30.2 Å². The van der Waals surface area contributed by atoms with Crippen molar-refractivity contribution in [3.8, 4) is 0 Å². The van der Waals surface area contributed by atoms with Crippen LogP contribution in [-0.4, -0.2) is 5.78 Å². The molecule has 1 aromatic rings. The van der Waals surface area contributed by atoms with Crippen LogP contribution >= 0.6 is 27.3 Å². The van der Waals surface area contributed by atoms with Gasteiger partial charge >= 0.3 is 0 Å². The van der Waals surface area contributed by atoms with E-state index in [4.69, 9.17) is 0 Å². The van der Waals surface area contributed by atoms with E-state index >= 15 is 0 Å².